The second-order valence-corrected chi connectivity index (χ2v) is 8.03. The predicted octanol–water partition coefficient (Wildman–Crippen LogP) is 2.74. The number of hydrogen-bond donors (Lipinski definition) is 0. The van der Waals surface area contributed by atoms with E-state index in [9.17, 15) is 14.2 Å². The Morgan fingerprint density at radius 1 is 1.00 bits per heavy atom. The molecular formula is C17H13O5P. The predicted molar refractivity (Wildman–Crippen MR) is 83.8 cm³/mol. The molecule has 1 saturated heterocycles. The van der Waals surface area contributed by atoms with Crippen molar-refractivity contribution in [3.8, 4) is 16.9 Å². The lowest BCUT2D eigenvalue weighted by atomic mass is 10.0. The molecule has 0 bridgehead atoms. The van der Waals surface area contributed by atoms with Crippen LogP contribution in [0.3, 0.4) is 0 Å². The molecule has 6 heteroatoms. The fourth-order valence-electron chi connectivity index (χ4n) is 3.06. The van der Waals surface area contributed by atoms with E-state index in [1.165, 1.54) is 0 Å². The molecule has 0 aromatic heterocycles. The molecule has 2 aromatic carbocycles. The molecule has 116 valence electrons. The highest BCUT2D eigenvalue weighted by Gasteiger charge is 2.43. The van der Waals surface area contributed by atoms with Gasteiger partial charge in [0.2, 0.25) is 0 Å². The number of cyclic esters (lactones) is 2. The van der Waals surface area contributed by atoms with Crippen molar-refractivity contribution in [2.45, 2.75) is 6.42 Å². The van der Waals surface area contributed by atoms with Gasteiger partial charge in [0.05, 0.1) is 23.8 Å². The molecule has 23 heavy (non-hydrogen) atoms. The Labute approximate surface area is 132 Å². The van der Waals surface area contributed by atoms with Gasteiger partial charge in [-0.3, -0.25) is 14.2 Å². The number of rotatable bonds is 2. The van der Waals surface area contributed by atoms with Crippen molar-refractivity contribution >= 4 is 24.6 Å². The Hall–Kier alpha value is -2.39. The van der Waals surface area contributed by atoms with Crippen molar-refractivity contribution in [3.05, 3.63) is 48.5 Å². The van der Waals surface area contributed by atoms with Crippen LogP contribution in [0.15, 0.2) is 48.5 Å². The number of ether oxygens (including phenoxy) is 1. The highest BCUT2D eigenvalue weighted by Crippen LogP contribution is 2.56. The van der Waals surface area contributed by atoms with E-state index in [0.717, 1.165) is 11.1 Å². The van der Waals surface area contributed by atoms with E-state index in [1.807, 2.05) is 30.3 Å². The second-order valence-electron chi connectivity index (χ2n) is 5.65. The number of hydrogen-bond acceptors (Lipinski definition) is 5. The number of carbonyl (C=O) groups is 2. The summed E-state index contributed by atoms with van der Waals surface area (Å²) >= 11 is 0. The van der Waals surface area contributed by atoms with Crippen molar-refractivity contribution in [2.24, 2.45) is 5.92 Å². The minimum Gasteiger partial charge on any atom is -0.439 e. The van der Waals surface area contributed by atoms with Crippen molar-refractivity contribution in [2.75, 3.05) is 6.16 Å². The maximum absolute atomic E-state index is 13.5. The molecule has 0 spiro atoms. The van der Waals surface area contributed by atoms with Crippen LogP contribution in [0.1, 0.15) is 6.42 Å². The molecule has 5 nitrogen and oxygen atoms in total. The van der Waals surface area contributed by atoms with Crippen molar-refractivity contribution in [3.63, 3.8) is 0 Å². The Balaban J connectivity index is 1.80. The molecule has 0 amide bonds. The summed E-state index contributed by atoms with van der Waals surface area (Å²) in [6.45, 7) is 0. The maximum atomic E-state index is 13.5. The zero-order valence-corrected chi connectivity index (χ0v) is 13.0. The van der Waals surface area contributed by atoms with Crippen molar-refractivity contribution in [1.29, 1.82) is 0 Å². The quantitative estimate of drug-likeness (QED) is 0.482. The summed E-state index contributed by atoms with van der Waals surface area (Å²) in [5.41, 5.74) is 1.72. The van der Waals surface area contributed by atoms with Crippen LogP contribution in [0.2, 0.25) is 0 Å². The first-order valence-corrected chi connectivity index (χ1v) is 9.10. The lowest BCUT2D eigenvalue weighted by molar-refractivity contribution is -0.152. The summed E-state index contributed by atoms with van der Waals surface area (Å²) in [4.78, 5) is 23.0. The Kier molecular flexibility index (Phi) is 3.13. The van der Waals surface area contributed by atoms with Gasteiger partial charge in [-0.25, -0.2) is 0 Å². The van der Waals surface area contributed by atoms with Gasteiger partial charge < -0.3 is 9.26 Å². The summed E-state index contributed by atoms with van der Waals surface area (Å²) in [6.07, 6.45) is -0.0705. The molecule has 2 unspecified atom stereocenters. The molecule has 0 N–H and O–H groups in total. The minimum absolute atomic E-state index is 0.0249. The Morgan fingerprint density at radius 2 is 1.70 bits per heavy atom. The number of fused-ring (bicyclic) bond motifs is 3. The number of para-hydroxylation sites is 1. The van der Waals surface area contributed by atoms with Crippen molar-refractivity contribution in [1.82, 2.24) is 0 Å². The largest absolute Gasteiger partial charge is 0.439 e. The van der Waals surface area contributed by atoms with Crippen LogP contribution in [0, 0.1) is 5.92 Å². The number of benzene rings is 2. The molecule has 0 aliphatic carbocycles. The highest BCUT2D eigenvalue weighted by atomic mass is 31.2. The third-order valence-corrected chi connectivity index (χ3v) is 6.65. The van der Waals surface area contributed by atoms with Crippen LogP contribution in [0.5, 0.6) is 5.75 Å². The lowest BCUT2D eigenvalue weighted by Crippen LogP contribution is -2.24. The molecule has 2 aliphatic heterocycles. The van der Waals surface area contributed by atoms with E-state index in [0.29, 0.717) is 11.1 Å². The molecule has 1 fully saturated rings. The van der Waals surface area contributed by atoms with Crippen LogP contribution in [-0.4, -0.2) is 18.1 Å². The first-order valence-electron chi connectivity index (χ1n) is 7.29. The van der Waals surface area contributed by atoms with Crippen LogP contribution < -0.4 is 9.83 Å². The average Bonchev–Trinajstić information content (AvgIpc) is 2.85. The number of esters is 2. The monoisotopic (exact) mass is 328 g/mol. The molecule has 2 aliphatic rings. The molecule has 2 aromatic rings. The van der Waals surface area contributed by atoms with Crippen LogP contribution in [0.4, 0.5) is 0 Å². The molecule has 0 radical (unpaired) electrons. The van der Waals surface area contributed by atoms with Crippen LogP contribution in [0.25, 0.3) is 11.1 Å². The topological polar surface area (TPSA) is 69.7 Å². The first kappa shape index (κ1) is 14.2. The average molecular weight is 328 g/mol. The van der Waals surface area contributed by atoms with E-state index in [-0.39, 0.29) is 12.6 Å². The summed E-state index contributed by atoms with van der Waals surface area (Å²) in [5, 5.41) is 0.589. The fraction of sp³-hybridized carbons (Fsp3) is 0.176. The van der Waals surface area contributed by atoms with Gasteiger partial charge in [0, 0.05) is 5.56 Å². The minimum atomic E-state index is -3.30. The van der Waals surface area contributed by atoms with Crippen molar-refractivity contribution < 1.29 is 23.4 Å². The van der Waals surface area contributed by atoms with Crippen LogP contribution >= 0.6 is 7.37 Å². The van der Waals surface area contributed by atoms with E-state index in [4.69, 9.17) is 4.52 Å². The second kappa shape index (κ2) is 5.07. The smallest absolute Gasteiger partial charge is 0.317 e. The Morgan fingerprint density at radius 3 is 2.43 bits per heavy atom. The summed E-state index contributed by atoms with van der Waals surface area (Å²) < 4.78 is 23.9. The van der Waals surface area contributed by atoms with Gasteiger partial charge in [0.25, 0.3) is 7.37 Å². The highest BCUT2D eigenvalue weighted by molar-refractivity contribution is 7.67. The zero-order valence-electron chi connectivity index (χ0n) is 12.1. The normalized spacial score (nSPS) is 25.3. The van der Waals surface area contributed by atoms with Gasteiger partial charge in [-0.2, -0.15) is 0 Å². The summed E-state index contributed by atoms with van der Waals surface area (Å²) in [7, 11) is -3.30. The third kappa shape index (κ3) is 2.28. The number of carbonyl (C=O) groups excluding carboxylic acids is 2. The summed E-state index contributed by atoms with van der Waals surface area (Å²) in [5.74, 6) is -1.37. The zero-order chi connectivity index (χ0) is 16.0. The standard InChI is InChI=1S/C17H13O5P/c18-16-9-11(17(19)21-16)10-23(20)15-8-4-2-6-13(15)12-5-1-3-7-14(12)22-23/h1-8,11H,9-10H2. The summed E-state index contributed by atoms with van der Waals surface area (Å²) in [6, 6.07) is 14.7. The lowest BCUT2D eigenvalue weighted by Gasteiger charge is -2.29. The Bertz CT molecular complexity index is 873. The molecule has 2 heterocycles. The van der Waals surface area contributed by atoms with E-state index >= 15 is 0 Å². The third-order valence-electron chi connectivity index (χ3n) is 4.12. The fourth-order valence-corrected chi connectivity index (χ4v) is 5.64. The maximum Gasteiger partial charge on any atom is 0.317 e. The molecule has 0 saturated carbocycles. The molecular weight excluding hydrogens is 315 g/mol. The van der Waals surface area contributed by atoms with E-state index < -0.39 is 25.2 Å². The first-order chi connectivity index (χ1) is 11.1. The van der Waals surface area contributed by atoms with Gasteiger partial charge in [0.15, 0.2) is 0 Å². The van der Waals surface area contributed by atoms with Gasteiger partial charge in [-0.05, 0) is 17.7 Å². The van der Waals surface area contributed by atoms with Crippen LogP contribution in [-0.2, 0) is 18.9 Å². The molecule has 2 atom stereocenters. The molecule has 4 rings (SSSR count). The van der Waals surface area contributed by atoms with Gasteiger partial charge in [-0.15, -0.1) is 0 Å². The van der Waals surface area contributed by atoms with Gasteiger partial charge >= 0.3 is 11.9 Å². The van der Waals surface area contributed by atoms with Gasteiger partial charge in [0.1, 0.15) is 5.75 Å². The van der Waals surface area contributed by atoms with E-state index in [1.54, 1.807) is 18.2 Å². The SMILES string of the molecule is O=C1CC(CP2(=O)Oc3ccccc3-c3ccccc32)C(=O)O1. The van der Waals surface area contributed by atoms with Gasteiger partial charge in [-0.1, -0.05) is 36.4 Å². The van der Waals surface area contributed by atoms with E-state index in [2.05, 4.69) is 4.74 Å².